The summed E-state index contributed by atoms with van der Waals surface area (Å²) in [5.74, 6) is 0. The molecule has 0 N–H and O–H groups in total. The zero-order chi connectivity index (χ0) is 24.1. The largest absolute Gasteiger partial charge is 3.00 e. The van der Waals surface area contributed by atoms with E-state index in [1.165, 1.54) is 89.9 Å². The average Bonchev–Trinajstić information content (AvgIpc) is 2.74. The van der Waals surface area contributed by atoms with Gasteiger partial charge in [0.05, 0.1) is 0 Å². The fourth-order valence-electron chi connectivity index (χ4n) is 2.61. The van der Waals surface area contributed by atoms with Gasteiger partial charge in [0, 0.05) is 0 Å². The van der Waals surface area contributed by atoms with E-state index in [0.717, 1.165) is 12.8 Å². The first-order chi connectivity index (χ1) is 14.8. The number of benzene rings is 1. The molecular formula is C26H47MoO2PS2-3. The molecule has 0 aromatic heterocycles. The van der Waals surface area contributed by atoms with Crippen molar-refractivity contribution >= 4 is 29.7 Å². The Morgan fingerprint density at radius 1 is 0.688 bits per heavy atom. The van der Waals surface area contributed by atoms with E-state index in [2.05, 4.69) is 57.8 Å². The molecule has 32 heavy (non-hydrogen) atoms. The number of hydrogen-bond acceptors (Lipinski definition) is 4. The zero-order valence-electron chi connectivity index (χ0n) is 20.6. The van der Waals surface area contributed by atoms with Crippen molar-refractivity contribution in [3.63, 3.8) is 0 Å². The van der Waals surface area contributed by atoms with Gasteiger partial charge in [-0.05, 0) is 0 Å². The quantitative estimate of drug-likeness (QED) is 0.0736. The summed E-state index contributed by atoms with van der Waals surface area (Å²) >= 11 is 7.28. The van der Waals surface area contributed by atoms with Gasteiger partial charge in [-0.3, -0.25) is 0 Å². The van der Waals surface area contributed by atoms with Gasteiger partial charge in [-0.25, -0.2) is 0 Å². The Morgan fingerprint density at radius 3 is 1.16 bits per heavy atom. The van der Waals surface area contributed by atoms with Gasteiger partial charge in [0.15, 0.2) is 0 Å². The molecule has 0 spiro atoms. The molecule has 0 heterocycles. The molecule has 0 amide bonds. The van der Waals surface area contributed by atoms with Crippen LogP contribution in [0.25, 0.3) is 0 Å². The predicted octanol–water partition coefficient (Wildman–Crippen LogP) is 7.89. The van der Waals surface area contributed by atoms with Crippen LogP contribution in [-0.4, -0.2) is 0 Å². The van der Waals surface area contributed by atoms with Crippen LogP contribution in [0.1, 0.15) is 117 Å². The van der Waals surface area contributed by atoms with E-state index in [0.29, 0.717) is 0 Å². The van der Waals surface area contributed by atoms with Crippen molar-refractivity contribution < 1.29 is 30.9 Å². The fraction of sp³-hybridized carbons (Fsp3) is 0.692. The van der Waals surface area contributed by atoms with Crippen LogP contribution < -0.4 is 9.79 Å². The zero-order valence-corrected chi connectivity index (χ0v) is 25.1. The van der Waals surface area contributed by atoms with E-state index in [-0.39, 0.29) is 21.1 Å². The molecule has 0 bridgehead atoms. The van der Waals surface area contributed by atoms with Crippen molar-refractivity contribution in [3.05, 3.63) is 50.2 Å². The van der Waals surface area contributed by atoms with Crippen molar-refractivity contribution in [1.82, 2.24) is 0 Å². The molecule has 0 saturated heterocycles. The second-order valence-electron chi connectivity index (χ2n) is 7.47. The summed E-state index contributed by atoms with van der Waals surface area (Å²) in [4.78, 5) is 18.6. The molecule has 0 aliphatic heterocycles. The standard InChI is InChI=1S/2C10H21.C6H5.Mo.H3O2PS2/c2*1-3-5-7-9-10-8-6-4-2;1-2-4-6-5-3-1;;1-3(2,4)5/h2*1,3-10H2,2H3;1-5H;;(H3,1,2,4,5)/q3*-1;+3;/p-3. The number of unbranched alkanes of at least 4 members (excludes halogenated alkanes) is 14. The topological polar surface area (TPSA) is 46.1 Å². The first-order valence-corrected chi connectivity index (χ1v) is 15.7. The maximum absolute atomic E-state index is 9.29. The van der Waals surface area contributed by atoms with Gasteiger partial charge < -0.3 is 41.6 Å². The fourth-order valence-corrected chi connectivity index (χ4v) is 2.61. The molecule has 6 heteroatoms. The molecule has 2 nitrogen and oxygen atoms in total. The van der Waals surface area contributed by atoms with Crippen molar-refractivity contribution in [2.75, 3.05) is 0 Å². The smallest absolute Gasteiger partial charge is 0.850 e. The Labute approximate surface area is 226 Å². The average molecular weight is 583 g/mol. The molecule has 0 unspecified atom stereocenters. The van der Waals surface area contributed by atoms with E-state index >= 15 is 0 Å². The minimum atomic E-state index is -3.72. The summed E-state index contributed by atoms with van der Waals surface area (Å²) < 4.78 is 0. The molecular weight excluding hydrogens is 535 g/mol. The summed E-state index contributed by atoms with van der Waals surface area (Å²) in [6.07, 6.45) is 21.8. The van der Waals surface area contributed by atoms with E-state index < -0.39 is 5.69 Å². The summed E-state index contributed by atoms with van der Waals surface area (Å²) in [5, 5.41) is 0. The normalized spacial score (nSPS) is 9.72. The Hall–Kier alpha value is 0.828. The first kappa shape index (κ1) is 40.0. The molecule has 189 valence electrons. The van der Waals surface area contributed by atoms with E-state index in [4.69, 9.17) is 0 Å². The summed E-state index contributed by atoms with van der Waals surface area (Å²) in [6, 6.07) is 12.5. The molecule has 0 aliphatic carbocycles. The number of rotatable bonds is 14. The van der Waals surface area contributed by atoms with Gasteiger partial charge >= 0.3 is 21.1 Å². The Bertz CT molecular complexity index is 378. The predicted molar refractivity (Wildman–Crippen MR) is 143 cm³/mol. The maximum atomic E-state index is 9.29. The van der Waals surface area contributed by atoms with Crippen molar-refractivity contribution in [3.8, 4) is 0 Å². The van der Waals surface area contributed by atoms with Crippen LogP contribution >= 0.6 is 5.69 Å². The Balaban J connectivity index is -0.000000168. The molecule has 0 aliphatic rings. The van der Waals surface area contributed by atoms with Gasteiger partial charge in [0.1, 0.15) is 0 Å². The summed E-state index contributed by atoms with van der Waals surface area (Å²) in [6.45, 7) is 12.2. The van der Waals surface area contributed by atoms with Gasteiger partial charge in [0.2, 0.25) is 0 Å². The molecule has 1 aromatic rings. The van der Waals surface area contributed by atoms with Crippen LogP contribution in [0.3, 0.4) is 0 Å². The van der Waals surface area contributed by atoms with Gasteiger partial charge in [-0.2, -0.15) is 61.0 Å². The van der Waals surface area contributed by atoms with Crippen LogP contribution in [-0.2, 0) is 45.1 Å². The Kier molecular flexibility index (Phi) is 45.5. The van der Waals surface area contributed by atoms with Crippen LogP contribution in [0.2, 0.25) is 0 Å². The third-order valence-electron chi connectivity index (χ3n) is 4.31. The molecule has 1 aromatic carbocycles. The molecule has 0 atom stereocenters. The van der Waals surface area contributed by atoms with Gasteiger partial charge in [-0.1, -0.05) is 104 Å². The minimum absolute atomic E-state index is 0. The van der Waals surface area contributed by atoms with Crippen LogP contribution in [0.15, 0.2) is 30.3 Å². The second kappa shape index (κ2) is 36.4. The number of hydrogen-bond donors (Lipinski definition) is 0. The molecule has 1 radical (unpaired) electrons. The summed E-state index contributed by atoms with van der Waals surface area (Å²) in [7, 11) is 0. The van der Waals surface area contributed by atoms with Crippen molar-refractivity contribution in [1.29, 1.82) is 0 Å². The molecule has 0 saturated carbocycles. The van der Waals surface area contributed by atoms with E-state index in [1.54, 1.807) is 0 Å². The van der Waals surface area contributed by atoms with Crippen molar-refractivity contribution in [2.45, 2.75) is 117 Å². The van der Waals surface area contributed by atoms with E-state index in [1.807, 2.05) is 30.3 Å². The third kappa shape index (κ3) is 63.2. The third-order valence-corrected chi connectivity index (χ3v) is 4.31. The second-order valence-corrected chi connectivity index (χ2v) is 11.9. The Morgan fingerprint density at radius 2 is 0.969 bits per heavy atom. The minimum Gasteiger partial charge on any atom is -0.850 e. The van der Waals surface area contributed by atoms with E-state index in [9.17, 15) is 9.79 Å². The molecule has 1 rings (SSSR count). The van der Waals surface area contributed by atoms with Crippen molar-refractivity contribution in [2.24, 2.45) is 0 Å². The monoisotopic (exact) mass is 584 g/mol. The van der Waals surface area contributed by atoms with Crippen LogP contribution in [0, 0.1) is 19.9 Å². The van der Waals surface area contributed by atoms with Crippen LogP contribution in [0.4, 0.5) is 0 Å². The maximum Gasteiger partial charge on any atom is 3.00 e. The first-order valence-electron chi connectivity index (χ1n) is 12.1. The summed E-state index contributed by atoms with van der Waals surface area (Å²) in [5.41, 5.74) is -3.72. The SMILES string of the molecule is [CH2-]CCCCCCCCC.[CH2-]CCCCCCCCC.[Mo+3].[O-]P([O-])(=S)[S-].[c-]1ccccc1. The van der Waals surface area contributed by atoms with Gasteiger partial charge in [0.25, 0.3) is 0 Å². The van der Waals surface area contributed by atoms with Gasteiger partial charge in [-0.15, -0.1) is 0 Å². The molecule has 0 fully saturated rings. The van der Waals surface area contributed by atoms with Crippen LogP contribution in [0.5, 0.6) is 0 Å².